The molecule has 0 aliphatic heterocycles. The van der Waals surface area contributed by atoms with Gasteiger partial charge < -0.3 is 5.73 Å². The number of fused-ring (bicyclic) bond motifs is 1. The number of aryl methyl sites for hydroxylation is 1. The quantitative estimate of drug-likeness (QED) is 0.583. The summed E-state index contributed by atoms with van der Waals surface area (Å²) in [5.74, 6) is 0.437. The van der Waals surface area contributed by atoms with Crippen LogP contribution in [-0.4, -0.2) is 34.2 Å². The molecule has 9 nitrogen and oxygen atoms in total. The predicted molar refractivity (Wildman–Crippen MR) is 96.5 cm³/mol. The SMILES string of the molecule is Cn1cc(-c2cn3nccc3c(-c3cn(C4CCC4)nc3N)n2)c(=O)[nH]1. The topological polar surface area (TPSA) is 112 Å². The molecule has 0 atom stereocenters. The Morgan fingerprint density at radius 1 is 1.23 bits per heavy atom. The van der Waals surface area contributed by atoms with Gasteiger partial charge in [0.25, 0.3) is 5.56 Å². The molecule has 4 aromatic rings. The predicted octanol–water partition coefficient (Wildman–Crippen LogP) is 1.59. The highest BCUT2D eigenvalue weighted by Crippen LogP contribution is 2.35. The number of nitrogen functional groups attached to an aromatic ring is 1. The Hall–Kier alpha value is -3.36. The van der Waals surface area contributed by atoms with E-state index in [-0.39, 0.29) is 5.56 Å². The minimum absolute atomic E-state index is 0.199. The molecule has 0 spiro atoms. The Kier molecular flexibility index (Phi) is 3.05. The van der Waals surface area contributed by atoms with Crippen molar-refractivity contribution in [3.63, 3.8) is 0 Å². The lowest BCUT2D eigenvalue weighted by Crippen LogP contribution is -2.17. The van der Waals surface area contributed by atoms with E-state index in [9.17, 15) is 4.79 Å². The number of hydrogen-bond donors (Lipinski definition) is 2. The Morgan fingerprint density at radius 3 is 2.77 bits per heavy atom. The second kappa shape index (κ2) is 5.32. The Balaban J connectivity index is 1.72. The summed E-state index contributed by atoms with van der Waals surface area (Å²) in [5, 5.41) is 11.5. The molecule has 0 bridgehead atoms. The summed E-state index contributed by atoms with van der Waals surface area (Å²) < 4.78 is 5.25. The molecule has 0 saturated heterocycles. The van der Waals surface area contributed by atoms with E-state index < -0.39 is 0 Å². The van der Waals surface area contributed by atoms with Gasteiger partial charge in [0.05, 0.1) is 40.8 Å². The van der Waals surface area contributed by atoms with Crippen LogP contribution in [0, 0.1) is 0 Å². The van der Waals surface area contributed by atoms with Gasteiger partial charge >= 0.3 is 0 Å². The molecule has 1 saturated carbocycles. The minimum atomic E-state index is -0.199. The molecular weight excluding hydrogens is 332 g/mol. The van der Waals surface area contributed by atoms with Crippen LogP contribution in [0.4, 0.5) is 5.82 Å². The number of aromatic nitrogens is 7. The third-order valence-corrected chi connectivity index (χ3v) is 4.98. The maximum Gasteiger partial charge on any atom is 0.273 e. The normalized spacial score (nSPS) is 14.8. The number of nitrogens with two attached hydrogens (primary N) is 1. The molecule has 132 valence electrons. The summed E-state index contributed by atoms with van der Waals surface area (Å²) in [7, 11) is 1.76. The van der Waals surface area contributed by atoms with Gasteiger partial charge in [0.2, 0.25) is 0 Å². The molecule has 1 aliphatic carbocycles. The molecular formula is C17H18N8O. The van der Waals surface area contributed by atoms with E-state index in [2.05, 4.69) is 15.3 Å². The summed E-state index contributed by atoms with van der Waals surface area (Å²) >= 11 is 0. The Bertz CT molecular complexity index is 1170. The number of aromatic amines is 1. The molecule has 4 aromatic heterocycles. The van der Waals surface area contributed by atoms with Crippen molar-refractivity contribution in [2.24, 2.45) is 7.05 Å². The smallest absolute Gasteiger partial charge is 0.273 e. The van der Waals surface area contributed by atoms with E-state index in [4.69, 9.17) is 10.7 Å². The molecule has 1 aliphatic rings. The van der Waals surface area contributed by atoms with Crippen molar-refractivity contribution in [2.75, 3.05) is 5.73 Å². The average molecular weight is 350 g/mol. The van der Waals surface area contributed by atoms with Gasteiger partial charge in [0.15, 0.2) is 5.82 Å². The van der Waals surface area contributed by atoms with E-state index in [1.54, 1.807) is 34.8 Å². The molecule has 0 aromatic carbocycles. The van der Waals surface area contributed by atoms with Crippen LogP contribution in [0.2, 0.25) is 0 Å². The van der Waals surface area contributed by atoms with Crippen LogP contribution in [0.15, 0.2) is 35.6 Å². The number of nitrogens with one attached hydrogen (secondary N) is 1. The van der Waals surface area contributed by atoms with Crippen molar-refractivity contribution in [3.8, 4) is 22.5 Å². The van der Waals surface area contributed by atoms with Crippen molar-refractivity contribution in [1.29, 1.82) is 0 Å². The molecule has 26 heavy (non-hydrogen) atoms. The molecule has 5 rings (SSSR count). The standard InChI is InChI=1S/C17H18N8O/c1-23-7-11(17(26)22-23)13-9-25-14(5-6-19-25)15(20-13)12-8-24(21-16(12)18)10-3-2-4-10/h5-10H,2-4H2,1H3,(H2,18,21)(H,22,26). The van der Waals surface area contributed by atoms with Crippen molar-refractivity contribution in [3.05, 3.63) is 41.2 Å². The second-order valence-corrected chi connectivity index (χ2v) is 6.72. The molecule has 0 amide bonds. The second-order valence-electron chi connectivity index (χ2n) is 6.72. The van der Waals surface area contributed by atoms with Crippen molar-refractivity contribution in [2.45, 2.75) is 25.3 Å². The molecule has 3 N–H and O–H groups in total. The van der Waals surface area contributed by atoms with Gasteiger partial charge in [-0.05, 0) is 25.3 Å². The van der Waals surface area contributed by atoms with Crippen LogP contribution >= 0.6 is 0 Å². The Labute approximate surface area is 148 Å². The first-order chi connectivity index (χ1) is 12.6. The van der Waals surface area contributed by atoms with Crippen LogP contribution in [0.1, 0.15) is 25.3 Å². The zero-order valence-corrected chi connectivity index (χ0v) is 14.3. The van der Waals surface area contributed by atoms with Gasteiger partial charge in [-0.2, -0.15) is 10.2 Å². The highest BCUT2D eigenvalue weighted by Gasteiger charge is 2.23. The van der Waals surface area contributed by atoms with E-state index in [0.717, 1.165) is 23.9 Å². The number of nitrogens with zero attached hydrogens (tertiary/aromatic N) is 6. The summed E-state index contributed by atoms with van der Waals surface area (Å²) in [4.78, 5) is 16.9. The first kappa shape index (κ1) is 14.9. The Morgan fingerprint density at radius 2 is 2.08 bits per heavy atom. The monoisotopic (exact) mass is 350 g/mol. The van der Waals surface area contributed by atoms with Gasteiger partial charge in [-0.3, -0.25) is 19.3 Å². The zero-order chi connectivity index (χ0) is 17.8. The lowest BCUT2D eigenvalue weighted by molar-refractivity contribution is 0.290. The van der Waals surface area contributed by atoms with Crippen LogP contribution in [-0.2, 0) is 7.05 Å². The van der Waals surface area contributed by atoms with Gasteiger partial charge in [-0.15, -0.1) is 0 Å². The molecule has 0 unspecified atom stereocenters. The van der Waals surface area contributed by atoms with Crippen LogP contribution in [0.25, 0.3) is 28.0 Å². The number of hydrogen-bond acceptors (Lipinski definition) is 5. The van der Waals surface area contributed by atoms with Gasteiger partial charge in [-0.25, -0.2) is 9.50 Å². The van der Waals surface area contributed by atoms with Crippen LogP contribution < -0.4 is 11.3 Å². The summed E-state index contributed by atoms with van der Waals surface area (Å²) in [5.41, 5.74) is 9.27. The fourth-order valence-electron chi connectivity index (χ4n) is 3.37. The van der Waals surface area contributed by atoms with Crippen molar-refractivity contribution in [1.82, 2.24) is 34.2 Å². The summed E-state index contributed by atoms with van der Waals surface area (Å²) in [6.07, 6.45) is 10.6. The highest BCUT2D eigenvalue weighted by molar-refractivity contribution is 5.83. The summed E-state index contributed by atoms with van der Waals surface area (Å²) in [6.45, 7) is 0. The largest absolute Gasteiger partial charge is 0.382 e. The fraction of sp³-hybridized carbons (Fsp3) is 0.294. The van der Waals surface area contributed by atoms with E-state index in [1.165, 1.54) is 6.42 Å². The van der Waals surface area contributed by atoms with Crippen molar-refractivity contribution < 1.29 is 0 Å². The lowest BCUT2D eigenvalue weighted by atomic mass is 9.93. The number of anilines is 1. The van der Waals surface area contributed by atoms with Crippen LogP contribution in [0.3, 0.4) is 0 Å². The van der Waals surface area contributed by atoms with Gasteiger partial charge in [-0.1, -0.05) is 0 Å². The lowest BCUT2D eigenvalue weighted by Gasteiger charge is -2.25. The average Bonchev–Trinajstić information content (AvgIpc) is 3.23. The highest BCUT2D eigenvalue weighted by atomic mass is 16.1. The third kappa shape index (κ3) is 2.17. The van der Waals surface area contributed by atoms with E-state index in [0.29, 0.717) is 28.8 Å². The van der Waals surface area contributed by atoms with Crippen molar-refractivity contribution >= 4 is 11.3 Å². The maximum absolute atomic E-state index is 12.2. The maximum atomic E-state index is 12.2. The number of rotatable bonds is 3. The van der Waals surface area contributed by atoms with E-state index in [1.807, 2.05) is 16.9 Å². The van der Waals surface area contributed by atoms with Crippen LogP contribution in [0.5, 0.6) is 0 Å². The fourth-order valence-corrected chi connectivity index (χ4v) is 3.37. The first-order valence-corrected chi connectivity index (χ1v) is 8.55. The molecule has 0 radical (unpaired) electrons. The van der Waals surface area contributed by atoms with Gasteiger partial charge in [0.1, 0.15) is 5.69 Å². The third-order valence-electron chi connectivity index (χ3n) is 4.98. The molecule has 1 fully saturated rings. The zero-order valence-electron chi connectivity index (χ0n) is 14.3. The minimum Gasteiger partial charge on any atom is -0.382 e. The van der Waals surface area contributed by atoms with Gasteiger partial charge in [0, 0.05) is 19.4 Å². The number of H-pyrrole nitrogens is 1. The first-order valence-electron chi connectivity index (χ1n) is 8.55. The van der Waals surface area contributed by atoms with E-state index >= 15 is 0 Å². The summed E-state index contributed by atoms with van der Waals surface area (Å²) in [6, 6.07) is 2.29. The molecule has 9 heteroatoms. The molecule has 4 heterocycles.